The van der Waals surface area contributed by atoms with Crippen LogP contribution in [0.15, 0.2) is 103 Å². The molecule has 0 aliphatic rings. The third-order valence-corrected chi connectivity index (χ3v) is 5.15. The van der Waals surface area contributed by atoms with Crippen molar-refractivity contribution in [1.29, 1.82) is 0 Å². The molecule has 0 unspecified atom stereocenters. The van der Waals surface area contributed by atoms with Gasteiger partial charge in [-0.15, -0.1) is 0 Å². The fraction of sp³-hybridized carbons (Fsp3) is 0.0370. The molecule has 36 heavy (non-hydrogen) atoms. The van der Waals surface area contributed by atoms with Gasteiger partial charge in [-0.1, -0.05) is 18.2 Å². The lowest BCUT2D eigenvalue weighted by molar-refractivity contribution is -0.137. The Kier molecular flexibility index (Phi) is 7.20. The van der Waals surface area contributed by atoms with Crippen molar-refractivity contribution in [3.8, 4) is 0 Å². The topological polar surface area (TPSA) is 82.3 Å². The van der Waals surface area contributed by atoms with Crippen LogP contribution in [0.2, 0.25) is 0 Å². The molecule has 0 spiro atoms. The molecular weight excluding hydrogens is 469 g/mol. The predicted molar refractivity (Wildman–Crippen MR) is 133 cm³/mol. The van der Waals surface area contributed by atoms with E-state index in [9.17, 15) is 22.8 Å². The first-order chi connectivity index (χ1) is 17.3. The van der Waals surface area contributed by atoms with Crippen LogP contribution in [-0.2, 0) is 6.18 Å². The third kappa shape index (κ3) is 6.41. The Balaban J connectivity index is 1.29. The number of amides is 2. The van der Waals surface area contributed by atoms with Crippen molar-refractivity contribution in [2.45, 2.75) is 6.18 Å². The van der Waals surface area contributed by atoms with Crippen molar-refractivity contribution in [1.82, 2.24) is 5.43 Å². The summed E-state index contributed by atoms with van der Waals surface area (Å²) in [5, 5.41) is 6.02. The lowest BCUT2D eigenvalue weighted by atomic mass is 10.1. The Hall–Kier alpha value is -4.79. The molecule has 4 aromatic carbocycles. The number of hydrazine groups is 1. The highest BCUT2D eigenvalue weighted by atomic mass is 19.4. The molecule has 9 heteroatoms. The highest BCUT2D eigenvalue weighted by molar-refractivity contribution is 6.04. The Morgan fingerprint density at radius 2 is 1.06 bits per heavy atom. The number of rotatable bonds is 7. The number of carbonyl (C=O) groups excluding carboxylic acids is 2. The molecule has 4 rings (SSSR count). The summed E-state index contributed by atoms with van der Waals surface area (Å²) >= 11 is 0. The van der Waals surface area contributed by atoms with Gasteiger partial charge in [0, 0.05) is 28.2 Å². The first kappa shape index (κ1) is 24.3. The van der Waals surface area contributed by atoms with Crippen molar-refractivity contribution >= 4 is 34.6 Å². The Labute approximate surface area is 205 Å². The summed E-state index contributed by atoms with van der Waals surface area (Å²) < 4.78 is 37.9. The molecule has 2 amide bonds. The Bertz CT molecular complexity index is 1320. The zero-order valence-corrected chi connectivity index (χ0v) is 18.8. The monoisotopic (exact) mass is 490 g/mol. The Morgan fingerprint density at radius 3 is 1.58 bits per heavy atom. The van der Waals surface area contributed by atoms with E-state index in [0.717, 1.165) is 23.5 Å². The van der Waals surface area contributed by atoms with E-state index >= 15 is 0 Å². The van der Waals surface area contributed by atoms with Crippen molar-refractivity contribution in [3.05, 3.63) is 120 Å². The van der Waals surface area contributed by atoms with E-state index in [1.54, 1.807) is 48.5 Å². The van der Waals surface area contributed by atoms with E-state index in [0.29, 0.717) is 22.5 Å². The van der Waals surface area contributed by atoms with E-state index in [1.807, 2.05) is 30.3 Å². The average molecular weight is 490 g/mol. The molecule has 0 heterocycles. The number of halogens is 3. The minimum absolute atomic E-state index is 0.215. The summed E-state index contributed by atoms with van der Waals surface area (Å²) in [6.45, 7) is 0. The van der Waals surface area contributed by atoms with Crippen LogP contribution >= 0.6 is 0 Å². The molecule has 0 fully saturated rings. The van der Waals surface area contributed by atoms with Crippen LogP contribution in [0, 0.1) is 0 Å². The molecule has 0 aliphatic heterocycles. The van der Waals surface area contributed by atoms with Crippen LogP contribution in [0.5, 0.6) is 0 Å². The molecule has 0 aliphatic carbocycles. The zero-order chi connectivity index (χ0) is 25.5. The van der Waals surface area contributed by atoms with Crippen LogP contribution in [0.3, 0.4) is 0 Å². The van der Waals surface area contributed by atoms with Gasteiger partial charge in [0.05, 0.1) is 11.3 Å². The summed E-state index contributed by atoms with van der Waals surface area (Å²) in [7, 11) is 0. The van der Waals surface area contributed by atoms with E-state index in [-0.39, 0.29) is 5.91 Å². The molecule has 0 saturated heterocycles. The zero-order valence-electron chi connectivity index (χ0n) is 18.8. The molecule has 0 aromatic heterocycles. The molecule has 0 bridgehead atoms. The van der Waals surface area contributed by atoms with Gasteiger partial charge in [-0.25, -0.2) is 0 Å². The van der Waals surface area contributed by atoms with Gasteiger partial charge < -0.3 is 10.6 Å². The summed E-state index contributed by atoms with van der Waals surface area (Å²) in [5.74, 6) is -0.664. The van der Waals surface area contributed by atoms with E-state index < -0.39 is 17.6 Å². The van der Waals surface area contributed by atoms with Gasteiger partial charge in [0.2, 0.25) is 0 Å². The lowest BCUT2D eigenvalue weighted by Gasteiger charge is -2.11. The van der Waals surface area contributed by atoms with Crippen molar-refractivity contribution in [2.24, 2.45) is 0 Å². The number of nitrogens with one attached hydrogen (secondary N) is 4. The first-order valence-corrected chi connectivity index (χ1v) is 10.8. The number of para-hydroxylation sites is 1. The number of hydrogen-bond donors (Lipinski definition) is 4. The predicted octanol–water partition coefficient (Wildman–Crippen LogP) is 6.46. The van der Waals surface area contributed by atoms with Gasteiger partial charge in [0.15, 0.2) is 0 Å². The highest BCUT2D eigenvalue weighted by Gasteiger charge is 2.29. The van der Waals surface area contributed by atoms with Crippen LogP contribution in [0.25, 0.3) is 0 Å². The fourth-order valence-corrected chi connectivity index (χ4v) is 3.24. The second-order valence-electron chi connectivity index (χ2n) is 7.75. The second kappa shape index (κ2) is 10.6. The lowest BCUT2D eigenvalue weighted by Crippen LogP contribution is -2.29. The van der Waals surface area contributed by atoms with E-state index in [1.165, 1.54) is 12.1 Å². The quantitative estimate of drug-likeness (QED) is 0.224. The average Bonchev–Trinajstić information content (AvgIpc) is 2.88. The van der Waals surface area contributed by atoms with Gasteiger partial charge in [-0.2, -0.15) is 13.2 Å². The molecular formula is C27H21F3N4O2. The van der Waals surface area contributed by atoms with Crippen LogP contribution in [0.4, 0.5) is 35.9 Å². The highest BCUT2D eigenvalue weighted by Crippen LogP contribution is 2.29. The smallest absolute Gasteiger partial charge is 0.356 e. The molecule has 4 aromatic rings. The molecule has 0 radical (unpaired) electrons. The van der Waals surface area contributed by atoms with Crippen LogP contribution < -0.4 is 21.5 Å². The van der Waals surface area contributed by atoms with Crippen LogP contribution in [-0.4, -0.2) is 11.8 Å². The second-order valence-corrected chi connectivity index (χ2v) is 7.75. The maximum absolute atomic E-state index is 12.6. The van der Waals surface area contributed by atoms with Crippen molar-refractivity contribution < 1.29 is 22.8 Å². The summed E-state index contributed by atoms with van der Waals surface area (Å²) in [5.41, 5.74) is 7.64. The van der Waals surface area contributed by atoms with Crippen molar-refractivity contribution in [2.75, 3.05) is 16.1 Å². The maximum Gasteiger partial charge on any atom is 0.416 e. The SMILES string of the molecule is O=C(NNc1ccc(C(F)(F)F)cc1)c1ccc(Nc2ccc(C(=O)Nc3ccccc3)cc2)cc1. The summed E-state index contributed by atoms with van der Waals surface area (Å²) in [4.78, 5) is 24.7. The largest absolute Gasteiger partial charge is 0.416 e. The Morgan fingerprint density at radius 1 is 0.556 bits per heavy atom. The number of hydrogen-bond acceptors (Lipinski definition) is 4. The third-order valence-electron chi connectivity index (χ3n) is 5.15. The van der Waals surface area contributed by atoms with Gasteiger partial charge in [0.1, 0.15) is 0 Å². The van der Waals surface area contributed by atoms with Gasteiger partial charge in [0.25, 0.3) is 11.8 Å². The summed E-state index contributed by atoms with van der Waals surface area (Å²) in [6, 6.07) is 27.1. The number of benzene rings is 4. The van der Waals surface area contributed by atoms with Gasteiger partial charge in [-0.3, -0.25) is 20.4 Å². The standard InChI is InChI=1S/C27H21F3N4O2/c28-27(29,30)20-10-16-24(17-11-20)33-34-26(36)19-8-14-23(15-9-19)31-22-12-6-18(7-13-22)25(35)32-21-4-2-1-3-5-21/h1-17,31,33H,(H,32,35)(H,34,36). The number of carbonyl (C=O) groups is 2. The number of anilines is 4. The minimum atomic E-state index is -4.42. The molecule has 4 N–H and O–H groups in total. The summed E-state index contributed by atoms with van der Waals surface area (Å²) in [6.07, 6.45) is -4.42. The molecule has 0 saturated carbocycles. The fourth-order valence-electron chi connectivity index (χ4n) is 3.24. The normalized spacial score (nSPS) is 10.9. The van der Waals surface area contributed by atoms with Gasteiger partial charge in [-0.05, 0) is 84.9 Å². The molecule has 182 valence electrons. The maximum atomic E-state index is 12.6. The van der Waals surface area contributed by atoms with Gasteiger partial charge >= 0.3 is 6.18 Å². The molecule has 0 atom stereocenters. The first-order valence-electron chi connectivity index (χ1n) is 10.8. The van der Waals surface area contributed by atoms with Crippen molar-refractivity contribution in [3.63, 3.8) is 0 Å². The van der Waals surface area contributed by atoms with E-state index in [4.69, 9.17) is 0 Å². The number of alkyl halides is 3. The van der Waals surface area contributed by atoms with Crippen LogP contribution in [0.1, 0.15) is 26.3 Å². The molecule has 6 nitrogen and oxygen atoms in total. The van der Waals surface area contributed by atoms with E-state index in [2.05, 4.69) is 21.5 Å². The minimum Gasteiger partial charge on any atom is -0.356 e.